The molecule has 0 amide bonds. The van der Waals surface area contributed by atoms with Crippen molar-refractivity contribution < 1.29 is 0 Å². The van der Waals surface area contributed by atoms with Crippen LogP contribution in [0.1, 0.15) is 153 Å². The summed E-state index contributed by atoms with van der Waals surface area (Å²) in [5, 5.41) is 0. The van der Waals surface area contributed by atoms with Crippen molar-refractivity contribution in [1.29, 1.82) is 0 Å². The van der Waals surface area contributed by atoms with Crippen LogP contribution in [-0.4, -0.2) is 19.9 Å². The maximum absolute atomic E-state index is 5.74. The number of rotatable bonds is 11. The van der Waals surface area contributed by atoms with Crippen molar-refractivity contribution in [2.45, 2.75) is 129 Å². The Labute approximate surface area is 461 Å². The van der Waals surface area contributed by atoms with Gasteiger partial charge in [0.2, 0.25) is 0 Å². The summed E-state index contributed by atoms with van der Waals surface area (Å²) >= 11 is 2.40. The molecule has 2 N–H and O–H groups in total. The Morgan fingerprint density at radius 1 is 0.373 bits per heavy atom. The fourth-order valence-corrected chi connectivity index (χ4v) is 11.1. The van der Waals surface area contributed by atoms with Crippen molar-refractivity contribution in [2.75, 3.05) is 0 Å². The number of fused-ring (bicyclic) bond motifs is 8. The minimum atomic E-state index is -0.189. The Morgan fingerprint density at radius 2 is 0.653 bits per heavy atom. The van der Waals surface area contributed by atoms with Crippen LogP contribution in [0.3, 0.4) is 0 Å². The maximum atomic E-state index is 5.74. The molecule has 0 atom stereocenters. The molecule has 7 aromatic rings. The van der Waals surface area contributed by atoms with E-state index >= 15 is 0 Å². The van der Waals surface area contributed by atoms with E-state index in [9.17, 15) is 0 Å². The first-order chi connectivity index (χ1) is 35.4. The highest BCUT2D eigenvalue weighted by Crippen LogP contribution is 2.44. The lowest BCUT2D eigenvalue weighted by Crippen LogP contribution is -2.24. The van der Waals surface area contributed by atoms with Gasteiger partial charge in [-0.1, -0.05) is 174 Å². The minimum absolute atomic E-state index is 0.0927. The second kappa shape index (κ2) is 20.2. The van der Waals surface area contributed by atoms with Gasteiger partial charge in [-0.3, -0.25) is 0 Å². The lowest BCUT2D eigenvalue weighted by Gasteiger charge is -2.32. The molecular weight excluding hydrogens is 1020 g/mol. The summed E-state index contributed by atoms with van der Waals surface area (Å²) in [6, 6.07) is 41.2. The zero-order valence-electron chi connectivity index (χ0n) is 46.4. The van der Waals surface area contributed by atoms with Gasteiger partial charge in [0.05, 0.1) is 22.8 Å². The summed E-state index contributed by atoms with van der Waals surface area (Å²) in [5.74, 6) is 0. The predicted octanol–water partition coefficient (Wildman–Crippen LogP) is 20.1. The van der Waals surface area contributed by atoms with Crippen LogP contribution in [0.2, 0.25) is 0 Å². The highest BCUT2D eigenvalue weighted by atomic mass is 127. The van der Waals surface area contributed by atoms with Crippen molar-refractivity contribution in [1.82, 2.24) is 19.9 Å². The number of H-pyrrole nitrogens is 2. The number of halogens is 1. The normalized spacial score (nSPS) is 13.1. The first-order valence-corrected chi connectivity index (χ1v) is 27.7. The Morgan fingerprint density at radius 3 is 0.933 bits per heavy atom. The molecule has 5 heterocycles. The third-order valence-electron chi connectivity index (χ3n) is 15.2. The zero-order valence-corrected chi connectivity index (χ0v) is 48.6. The number of hydrogen-bond acceptors (Lipinski definition) is 2. The smallest absolute Gasteiger partial charge is 0.0737 e. The molecule has 2 aliphatic heterocycles. The van der Waals surface area contributed by atoms with E-state index in [2.05, 4.69) is 269 Å². The van der Waals surface area contributed by atoms with E-state index in [4.69, 9.17) is 9.97 Å². The van der Waals surface area contributed by atoms with Gasteiger partial charge >= 0.3 is 0 Å². The zero-order chi connectivity index (χ0) is 53.8. The van der Waals surface area contributed by atoms with Crippen LogP contribution >= 0.6 is 22.6 Å². The lowest BCUT2D eigenvalue weighted by molar-refractivity contribution is 0.442. The van der Waals surface area contributed by atoms with Gasteiger partial charge in [-0.25, -0.2) is 9.97 Å². The molecule has 382 valence electrons. The van der Waals surface area contributed by atoms with Gasteiger partial charge in [-0.2, -0.15) is 0 Å². The van der Waals surface area contributed by atoms with Gasteiger partial charge in [0, 0.05) is 53.3 Å². The Kier molecular flexibility index (Phi) is 14.3. The van der Waals surface area contributed by atoms with Gasteiger partial charge in [0.15, 0.2) is 0 Å². The summed E-state index contributed by atoms with van der Waals surface area (Å²) < 4.78 is 1.18. The third kappa shape index (κ3) is 10.8. The molecule has 9 rings (SSSR count). The number of allylic oxidation sites excluding steroid dienone is 3. The second-order valence-electron chi connectivity index (χ2n) is 24.9. The molecule has 0 spiro atoms. The van der Waals surface area contributed by atoms with E-state index in [0.717, 1.165) is 109 Å². The first-order valence-electron chi connectivity index (χ1n) is 26.6. The summed E-state index contributed by atoms with van der Waals surface area (Å²) in [6.45, 7) is 40.2. The summed E-state index contributed by atoms with van der Waals surface area (Å²) in [6.07, 6.45) is 17.3. The highest BCUT2D eigenvalue weighted by Gasteiger charge is 2.30. The van der Waals surface area contributed by atoms with Crippen LogP contribution in [0, 0.1) is 3.57 Å². The number of aromatic amines is 2. The van der Waals surface area contributed by atoms with Crippen LogP contribution in [0.4, 0.5) is 0 Å². The topological polar surface area (TPSA) is 57.4 Å². The molecule has 2 aliphatic rings. The van der Waals surface area contributed by atoms with Crippen molar-refractivity contribution in [3.05, 3.63) is 201 Å². The average Bonchev–Trinajstić information content (AvgIpc) is 4.20. The van der Waals surface area contributed by atoms with Crippen molar-refractivity contribution >= 4 is 69.0 Å². The quantitative estimate of drug-likeness (QED) is 0.100. The molecule has 0 saturated carbocycles. The van der Waals surface area contributed by atoms with Crippen molar-refractivity contribution in [3.63, 3.8) is 0 Å². The first kappa shape index (κ1) is 53.3. The highest BCUT2D eigenvalue weighted by molar-refractivity contribution is 14.1. The minimum Gasteiger partial charge on any atom is -0.354 e. The van der Waals surface area contributed by atoms with Gasteiger partial charge in [-0.05, 0) is 174 Å². The number of benzene rings is 4. The van der Waals surface area contributed by atoms with Crippen LogP contribution in [0.5, 0.6) is 0 Å². The van der Waals surface area contributed by atoms with Crippen LogP contribution in [-0.2, 0) is 27.1 Å². The summed E-state index contributed by atoms with van der Waals surface area (Å²) in [5.41, 5.74) is 21.8. The Balaban J connectivity index is 1.47. The van der Waals surface area contributed by atoms with E-state index in [1.807, 2.05) is 18.2 Å². The molecule has 0 unspecified atom stereocenters. The second-order valence-corrected chi connectivity index (χ2v) is 26.2. The monoisotopic (exact) mass is 1100 g/mol. The van der Waals surface area contributed by atoms with Gasteiger partial charge in [0.1, 0.15) is 0 Å². The van der Waals surface area contributed by atoms with E-state index in [-0.39, 0.29) is 27.1 Å². The predicted molar refractivity (Wildman–Crippen MR) is 334 cm³/mol. The number of aromatic nitrogens is 4. The van der Waals surface area contributed by atoms with Crippen LogP contribution in [0.25, 0.3) is 90.9 Å². The third-order valence-corrected chi connectivity index (χ3v) is 15.9. The fraction of sp³-hybridized carbons (Fsp3) is 0.286. The maximum Gasteiger partial charge on any atom is 0.0737 e. The van der Waals surface area contributed by atoms with Crippen LogP contribution in [0.15, 0.2) is 147 Å². The molecule has 3 aromatic heterocycles. The van der Waals surface area contributed by atoms with Gasteiger partial charge in [-0.15, -0.1) is 19.7 Å². The fourth-order valence-electron chi connectivity index (χ4n) is 10.7. The average molecular weight is 1100 g/mol. The molecule has 0 radical (unpaired) electrons. The molecule has 4 nitrogen and oxygen atoms in total. The van der Waals surface area contributed by atoms with Crippen molar-refractivity contribution in [2.24, 2.45) is 0 Å². The Hall–Kier alpha value is -6.57. The van der Waals surface area contributed by atoms with E-state index < -0.39 is 0 Å². The number of hydrogen-bond donors (Lipinski definition) is 2. The van der Waals surface area contributed by atoms with Crippen LogP contribution < -0.4 is 0 Å². The van der Waals surface area contributed by atoms with Gasteiger partial charge in [0.25, 0.3) is 0 Å². The van der Waals surface area contributed by atoms with Gasteiger partial charge < -0.3 is 9.97 Å². The van der Waals surface area contributed by atoms with Crippen molar-refractivity contribution in [3.8, 4) is 44.5 Å². The molecule has 8 bridgehead atoms. The number of nitrogens with zero attached hydrogens (tertiary/aromatic N) is 2. The van der Waals surface area contributed by atoms with E-state index in [1.54, 1.807) is 0 Å². The molecule has 0 saturated heterocycles. The summed E-state index contributed by atoms with van der Waals surface area (Å²) in [7, 11) is 0. The van der Waals surface area contributed by atoms with E-state index in [1.165, 1.54) is 31.4 Å². The molecule has 4 aromatic carbocycles. The largest absolute Gasteiger partial charge is 0.354 e. The standard InChI is InChI=1S/C70H75IN4/c1-16-35-70(36-17-2,37-18-3)48-23-19-44(20-24-48)62-54-27-31-58(72-54)64(46-38-49(66(4,5)6)42-50(39-46)67(7,8)9)60-33-29-56(74-60)63(45-21-25-53(71)26-22-45)57-30-34-61(75-57)65(59-32-28-55(62)73-59)47-40-51(68(10,11)12)43-52(41-47)69(13,14)15/h16-34,38-43,72,75H,1-3,35-37H2,4-15H3. The van der Waals surface area contributed by atoms with E-state index in [0.29, 0.717) is 0 Å². The molecule has 0 aliphatic carbocycles. The molecule has 75 heavy (non-hydrogen) atoms. The molecule has 5 heteroatoms. The number of nitrogens with one attached hydrogen (secondary N) is 2. The lowest BCUT2D eigenvalue weighted by atomic mass is 9.72. The Bertz CT molecular complexity index is 3430. The summed E-state index contributed by atoms with van der Waals surface area (Å²) in [4.78, 5) is 19.5. The SMILES string of the molecule is C=CCC(CC=C)(CC=C)c1ccc(-c2c3nc(c(-c4cc(C(C)(C)C)cc(C(C)(C)C)c4)c4ccc([nH]4)c(-c4ccc(I)cc4)c4nc(c(-c5cc(C(C)(C)C)cc(C(C)(C)C)c5)c5ccc2[nH]5)C=C4)C=C3)cc1. The molecular formula is C70H75IN4. The molecule has 0 fully saturated rings.